The molecule has 10 heteroatoms. The zero-order valence-electron chi connectivity index (χ0n) is 9.36. The van der Waals surface area contributed by atoms with E-state index in [1.165, 1.54) is 22.2 Å². The van der Waals surface area contributed by atoms with Crippen LogP contribution >= 0.6 is 11.6 Å². The highest BCUT2D eigenvalue weighted by atomic mass is 35.5. The van der Waals surface area contributed by atoms with Crippen molar-refractivity contribution in [3.8, 4) is 5.95 Å². The molecule has 0 fully saturated rings. The molecule has 2 rings (SSSR count). The fourth-order valence-electron chi connectivity index (χ4n) is 1.22. The van der Waals surface area contributed by atoms with Gasteiger partial charge in [0.1, 0.15) is 12.7 Å². The second-order valence-corrected chi connectivity index (χ2v) is 3.70. The molecule has 94 valence electrons. The van der Waals surface area contributed by atoms with Gasteiger partial charge in [-0.2, -0.15) is 24.7 Å². The molecule has 2 heterocycles. The third-order valence-corrected chi connectivity index (χ3v) is 2.11. The van der Waals surface area contributed by atoms with Gasteiger partial charge in [0.05, 0.1) is 6.54 Å². The highest BCUT2D eigenvalue weighted by Crippen LogP contribution is 2.11. The zero-order chi connectivity index (χ0) is 13.1. The molecular formula is C8H9ClN8O. The van der Waals surface area contributed by atoms with Gasteiger partial charge in [-0.05, 0) is 11.6 Å². The molecular weight excluding hydrogens is 260 g/mol. The molecule has 18 heavy (non-hydrogen) atoms. The molecule has 0 bridgehead atoms. The summed E-state index contributed by atoms with van der Waals surface area (Å²) < 4.78 is 1.33. The molecule has 0 saturated heterocycles. The standard InChI is InChI=1S/C8H9ClN8O/c1-16(2-5(10)18)7-13-6(9)14-8(15-7)17-4-11-3-12-17/h3-4H,2H2,1H3,(H2,10,18). The van der Waals surface area contributed by atoms with Gasteiger partial charge in [0, 0.05) is 7.05 Å². The molecule has 2 aromatic heterocycles. The first-order valence-electron chi connectivity index (χ1n) is 4.82. The lowest BCUT2D eigenvalue weighted by Gasteiger charge is -2.14. The summed E-state index contributed by atoms with van der Waals surface area (Å²) in [4.78, 5) is 28.0. The fourth-order valence-corrected chi connectivity index (χ4v) is 1.37. The summed E-state index contributed by atoms with van der Waals surface area (Å²) in [6.45, 7) is -0.0306. The number of carbonyl (C=O) groups excluding carboxylic acids is 1. The van der Waals surface area contributed by atoms with Gasteiger partial charge in [-0.3, -0.25) is 4.79 Å². The number of aromatic nitrogens is 6. The summed E-state index contributed by atoms with van der Waals surface area (Å²) in [6, 6.07) is 0. The van der Waals surface area contributed by atoms with Gasteiger partial charge < -0.3 is 10.6 Å². The number of hydrogen-bond acceptors (Lipinski definition) is 7. The van der Waals surface area contributed by atoms with E-state index in [-0.39, 0.29) is 23.7 Å². The summed E-state index contributed by atoms with van der Waals surface area (Å²) >= 11 is 5.78. The lowest BCUT2D eigenvalue weighted by Crippen LogP contribution is -2.32. The van der Waals surface area contributed by atoms with Crippen molar-refractivity contribution in [2.45, 2.75) is 0 Å². The Morgan fingerprint density at radius 1 is 1.50 bits per heavy atom. The molecule has 0 atom stereocenters. The second-order valence-electron chi connectivity index (χ2n) is 3.37. The Morgan fingerprint density at radius 2 is 2.28 bits per heavy atom. The molecule has 1 amide bonds. The van der Waals surface area contributed by atoms with Gasteiger partial charge in [-0.15, -0.1) is 0 Å². The van der Waals surface area contributed by atoms with Crippen molar-refractivity contribution in [3.63, 3.8) is 0 Å². The van der Waals surface area contributed by atoms with Crippen molar-refractivity contribution >= 4 is 23.5 Å². The van der Waals surface area contributed by atoms with E-state index in [0.717, 1.165) is 0 Å². The van der Waals surface area contributed by atoms with Crippen molar-refractivity contribution in [2.75, 3.05) is 18.5 Å². The average Bonchev–Trinajstić information content (AvgIpc) is 2.80. The lowest BCUT2D eigenvalue weighted by atomic mass is 10.5. The van der Waals surface area contributed by atoms with Crippen molar-refractivity contribution in [2.24, 2.45) is 5.73 Å². The Morgan fingerprint density at radius 3 is 2.89 bits per heavy atom. The summed E-state index contributed by atoms with van der Waals surface area (Å²) in [5.41, 5.74) is 5.09. The van der Waals surface area contributed by atoms with Crippen LogP contribution in [0.4, 0.5) is 5.95 Å². The first-order valence-corrected chi connectivity index (χ1v) is 5.20. The molecule has 0 aliphatic carbocycles. The number of likely N-dealkylation sites (N-methyl/N-ethyl adjacent to an activating group) is 1. The summed E-state index contributed by atoms with van der Waals surface area (Å²) in [5, 5.41) is 3.86. The largest absolute Gasteiger partial charge is 0.368 e. The first kappa shape index (κ1) is 12.2. The predicted molar refractivity (Wildman–Crippen MR) is 62.2 cm³/mol. The van der Waals surface area contributed by atoms with Crippen LogP contribution in [0.5, 0.6) is 0 Å². The molecule has 0 unspecified atom stereocenters. The number of halogens is 1. The molecule has 0 saturated carbocycles. The number of nitrogens with two attached hydrogens (primary N) is 1. The van der Waals surface area contributed by atoms with Gasteiger partial charge in [-0.1, -0.05) is 0 Å². The van der Waals surface area contributed by atoms with Crippen LogP contribution in [0.2, 0.25) is 5.28 Å². The van der Waals surface area contributed by atoms with Crippen molar-refractivity contribution in [1.29, 1.82) is 0 Å². The zero-order valence-corrected chi connectivity index (χ0v) is 10.1. The van der Waals surface area contributed by atoms with Gasteiger partial charge in [0.25, 0.3) is 5.95 Å². The minimum Gasteiger partial charge on any atom is -0.368 e. The summed E-state index contributed by atoms with van der Waals surface area (Å²) in [7, 11) is 1.61. The molecule has 0 radical (unpaired) electrons. The minimum absolute atomic E-state index is 0.0122. The quantitative estimate of drug-likeness (QED) is 0.758. The Labute approximate surface area is 107 Å². The minimum atomic E-state index is -0.503. The SMILES string of the molecule is CN(CC(N)=O)c1nc(Cl)nc(-n2cncn2)n1. The van der Waals surface area contributed by atoms with Gasteiger partial charge >= 0.3 is 0 Å². The number of primary amides is 1. The van der Waals surface area contributed by atoms with E-state index in [4.69, 9.17) is 17.3 Å². The summed E-state index contributed by atoms with van der Waals surface area (Å²) in [6.07, 6.45) is 2.76. The number of carbonyl (C=O) groups is 1. The monoisotopic (exact) mass is 268 g/mol. The van der Waals surface area contributed by atoms with Crippen LogP contribution in [-0.2, 0) is 4.79 Å². The molecule has 2 aromatic rings. The molecule has 0 aliphatic heterocycles. The van der Waals surface area contributed by atoms with Crippen LogP contribution in [0.3, 0.4) is 0 Å². The van der Waals surface area contributed by atoms with E-state index in [0.29, 0.717) is 0 Å². The highest BCUT2D eigenvalue weighted by Gasteiger charge is 2.12. The summed E-state index contributed by atoms with van der Waals surface area (Å²) in [5.74, 6) is -0.0746. The number of hydrogen-bond donors (Lipinski definition) is 1. The molecule has 0 aliphatic rings. The first-order chi connectivity index (χ1) is 8.56. The van der Waals surface area contributed by atoms with Gasteiger partial charge in [0.15, 0.2) is 0 Å². The topological polar surface area (TPSA) is 116 Å². The maximum atomic E-state index is 10.8. The predicted octanol–water partition coefficient (Wildman–Crippen LogP) is -0.973. The normalized spacial score (nSPS) is 10.3. The third kappa shape index (κ3) is 2.69. The van der Waals surface area contributed by atoms with Crippen LogP contribution in [0.15, 0.2) is 12.7 Å². The Kier molecular flexibility index (Phi) is 3.33. The van der Waals surface area contributed by atoms with Crippen molar-refractivity contribution in [1.82, 2.24) is 29.7 Å². The third-order valence-electron chi connectivity index (χ3n) is 1.94. The Bertz CT molecular complexity index is 556. The highest BCUT2D eigenvalue weighted by molar-refractivity contribution is 6.28. The lowest BCUT2D eigenvalue weighted by molar-refractivity contribution is -0.116. The van der Waals surface area contributed by atoms with E-state index in [1.807, 2.05) is 0 Å². The number of anilines is 1. The molecule has 2 N–H and O–H groups in total. The Balaban J connectivity index is 2.35. The smallest absolute Gasteiger partial charge is 0.258 e. The van der Waals surface area contributed by atoms with Crippen LogP contribution in [0, 0.1) is 0 Å². The van der Waals surface area contributed by atoms with Crippen LogP contribution < -0.4 is 10.6 Å². The van der Waals surface area contributed by atoms with Crippen LogP contribution in [-0.4, -0.2) is 49.2 Å². The number of nitrogens with zero attached hydrogens (tertiary/aromatic N) is 7. The van der Waals surface area contributed by atoms with Gasteiger partial charge in [0.2, 0.25) is 17.1 Å². The number of rotatable bonds is 4. The van der Waals surface area contributed by atoms with E-state index >= 15 is 0 Å². The average molecular weight is 269 g/mol. The van der Waals surface area contributed by atoms with Crippen molar-refractivity contribution in [3.05, 3.63) is 17.9 Å². The van der Waals surface area contributed by atoms with E-state index in [2.05, 4.69) is 25.0 Å². The maximum Gasteiger partial charge on any atom is 0.258 e. The molecule has 0 aromatic carbocycles. The van der Waals surface area contributed by atoms with Crippen LogP contribution in [0.25, 0.3) is 5.95 Å². The molecule has 0 spiro atoms. The Hall–Kier alpha value is -2.29. The van der Waals surface area contributed by atoms with E-state index < -0.39 is 5.91 Å². The van der Waals surface area contributed by atoms with Crippen molar-refractivity contribution < 1.29 is 4.79 Å². The van der Waals surface area contributed by atoms with Gasteiger partial charge in [-0.25, -0.2) is 4.98 Å². The van der Waals surface area contributed by atoms with E-state index in [1.54, 1.807) is 7.05 Å². The second kappa shape index (κ2) is 4.92. The maximum absolute atomic E-state index is 10.8. The molecule has 9 nitrogen and oxygen atoms in total. The number of amides is 1. The fraction of sp³-hybridized carbons (Fsp3) is 0.250. The van der Waals surface area contributed by atoms with Crippen LogP contribution in [0.1, 0.15) is 0 Å². The van der Waals surface area contributed by atoms with E-state index in [9.17, 15) is 4.79 Å².